The second-order valence-corrected chi connectivity index (χ2v) is 8.74. The number of carbonyl (C=O) groups is 1. The van der Waals surface area contributed by atoms with E-state index in [1.807, 2.05) is 30.5 Å². The Balaban J connectivity index is 1.35. The third kappa shape index (κ3) is 5.00. The van der Waals surface area contributed by atoms with Crippen molar-refractivity contribution in [1.82, 2.24) is 14.3 Å². The van der Waals surface area contributed by atoms with E-state index in [1.54, 1.807) is 34.9 Å². The van der Waals surface area contributed by atoms with Crippen LogP contribution in [0.3, 0.4) is 0 Å². The highest BCUT2D eigenvalue weighted by Crippen LogP contribution is 2.26. The number of rotatable bonds is 6. The first kappa shape index (κ1) is 22.0. The number of nitrogens with one attached hydrogen (secondary N) is 1. The van der Waals surface area contributed by atoms with E-state index in [0.29, 0.717) is 44.0 Å². The maximum atomic E-state index is 12.7. The molecule has 1 N–H and O–H groups in total. The number of urea groups is 1. The third-order valence-electron chi connectivity index (χ3n) is 5.18. The van der Waals surface area contributed by atoms with Gasteiger partial charge in [0.1, 0.15) is 5.82 Å². The lowest BCUT2D eigenvalue weighted by atomic mass is 10.1. The SMILES string of the molecule is CSc1ccccc1NC(=O)N1CCN(c2nc(Cc3ccccc3[N+](=O)[O-])ns2)CC1. The Bertz CT molecular complexity index is 1110. The summed E-state index contributed by atoms with van der Waals surface area (Å²) in [7, 11) is 0. The summed E-state index contributed by atoms with van der Waals surface area (Å²) in [6.45, 7) is 2.45. The summed E-state index contributed by atoms with van der Waals surface area (Å²) in [5, 5.41) is 15.0. The molecule has 166 valence electrons. The quantitative estimate of drug-likeness (QED) is 0.328. The fourth-order valence-electron chi connectivity index (χ4n) is 3.50. The number of anilines is 2. The molecule has 1 aliphatic rings. The zero-order valence-electron chi connectivity index (χ0n) is 17.4. The van der Waals surface area contributed by atoms with E-state index in [2.05, 4.69) is 19.6 Å². The fourth-order valence-corrected chi connectivity index (χ4v) is 4.79. The predicted octanol–water partition coefficient (Wildman–Crippen LogP) is 4.11. The molecule has 3 aromatic rings. The van der Waals surface area contributed by atoms with Crippen LogP contribution in [0.5, 0.6) is 0 Å². The Morgan fingerprint density at radius 1 is 1.16 bits per heavy atom. The molecule has 32 heavy (non-hydrogen) atoms. The number of hydrogen-bond acceptors (Lipinski definition) is 8. The number of nitro benzene ring substituents is 1. The molecular formula is C21H22N6O3S2. The Kier molecular flexibility index (Phi) is 6.86. The molecule has 1 aromatic heterocycles. The number of hydrogen-bond donors (Lipinski definition) is 1. The number of para-hydroxylation sites is 2. The van der Waals surface area contributed by atoms with Gasteiger partial charge in [-0.05, 0) is 18.4 Å². The van der Waals surface area contributed by atoms with Gasteiger partial charge < -0.3 is 15.1 Å². The predicted molar refractivity (Wildman–Crippen MR) is 127 cm³/mol. The van der Waals surface area contributed by atoms with Crippen LogP contribution in [-0.2, 0) is 6.42 Å². The van der Waals surface area contributed by atoms with Gasteiger partial charge in [-0.25, -0.2) is 9.78 Å². The number of carbonyl (C=O) groups excluding carboxylic acids is 1. The molecule has 1 fully saturated rings. The molecule has 11 heteroatoms. The Morgan fingerprint density at radius 3 is 2.62 bits per heavy atom. The van der Waals surface area contributed by atoms with Gasteiger partial charge in [0, 0.05) is 60.7 Å². The molecule has 0 bridgehead atoms. The van der Waals surface area contributed by atoms with Gasteiger partial charge >= 0.3 is 6.03 Å². The van der Waals surface area contributed by atoms with Gasteiger partial charge in [-0.1, -0.05) is 30.3 Å². The van der Waals surface area contributed by atoms with Crippen LogP contribution in [0.1, 0.15) is 11.4 Å². The lowest BCUT2D eigenvalue weighted by Crippen LogP contribution is -2.50. The van der Waals surface area contributed by atoms with E-state index in [-0.39, 0.29) is 16.6 Å². The van der Waals surface area contributed by atoms with E-state index >= 15 is 0 Å². The van der Waals surface area contributed by atoms with Crippen molar-refractivity contribution < 1.29 is 9.72 Å². The summed E-state index contributed by atoms with van der Waals surface area (Å²) in [6, 6.07) is 14.3. The normalized spacial score (nSPS) is 13.8. The Labute approximate surface area is 193 Å². The Hall–Kier alpha value is -3.18. The van der Waals surface area contributed by atoms with E-state index in [9.17, 15) is 14.9 Å². The van der Waals surface area contributed by atoms with Crippen molar-refractivity contribution in [3.05, 3.63) is 70.0 Å². The van der Waals surface area contributed by atoms with E-state index < -0.39 is 0 Å². The molecule has 0 aliphatic carbocycles. The molecule has 0 radical (unpaired) electrons. The largest absolute Gasteiger partial charge is 0.343 e. The van der Waals surface area contributed by atoms with Crippen molar-refractivity contribution in [3.8, 4) is 0 Å². The smallest absolute Gasteiger partial charge is 0.321 e. The van der Waals surface area contributed by atoms with Crippen molar-refractivity contribution >= 4 is 45.8 Å². The molecule has 2 amide bonds. The minimum absolute atomic E-state index is 0.0755. The number of nitro groups is 1. The average Bonchev–Trinajstić information content (AvgIpc) is 3.28. The monoisotopic (exact) mass is 470 g/mol. The highest BCUT2D eigenvalue weighted by molar-refractivity contribution is 7.98. The summed E-state index contributed by atoms with van der Waals surface area (Å²) in [5.41, 5.74) is 1.48. The van der Waals surface area contributed by atoms with Crippen LogP contribution < -0.4 is 10.2 Å². The minimum atomic E-state index is -0.384. The first-order chi connectivity index (χ1) is 15.5. The molecule has 0 unspecified atom stereocenters. The van der Waals surface area contributed by atoms with E-state index in [1.165, 1.54) is 17.6 Å². The molecule has 2 aromatic carbocycles. The molecular weight excluding hydrogens is 448 g/mol. The maximum absolute atomic E-state index is 12.7. The zero-order valence-corrected chi connectivity index (χ0v) is 19.1. The number of aromatic nitrogens is 2. The van der Waals surface area contributed by atoms with Gasteiger partial charge in [0.25, 0.3) is 5.69 Å². The van der Waals surface area contributed by atoms with Gasteiger partial charge in [0.05, 0.1) is 10.6 Å². The summed E-state index contributed by atoms with van der Waals surface area (Å²) in [5.74, 6) is 0.563. The van der Waals surface area contributed by atoms with E-state index in [0.717, 1.165) is 15.7 Å². The van der Waals surface area contributed by atoms with Crippen LogP contribution >= 0.6 is 23.3 Å². The standard InChI is InChI=1S/C21H22N6O3S2/c1-31-18-9-5-3-7-16(18)22-20(28)25-10-12-26(13-11-25)21-23-19(24-32-21)14-15-6-2-4-8-17(15)27(29)30/h2-9H,10-14H2,1H3,(H,22,28). The van der Waals surface area contributed by atoms with Crippen molar-refractivity contribution in [3.63, 3.8) is 0 Å². The summed E-state index contributed by atoms with van der Waals surface area (Å²) >= 11 is 2.87. The maximum Gasteiger partial charge on any atom is 0.321 e. The van der Waals surface area contributed by atoms with Gasteiger partial charge in [0.2, 0.25) is 5.13 Å². The third-order valence-corrected chi connectivity index (χ3v) is 6.79. The van der Waals surface area contributed by atoms with Gasteiger partial charge in [0.15, 0.2) is 0 Å². The van der Waals surface area contributed by atoms with Gasteiger partial charge in [-0.15, -0.1) is 11.8 Å². The summed E-state index contributed by atoms with van der Waals surface area (Å²) in [6.07, 6.45) is 2.29. The van der Waals surface area contributed by atoms with Crippen LogP contribution in [0.25, 0.3) is 0 Å². The lowest BCUT2D eigenvalue weighted by Gasteiger charge is -2.34. The summed E-state index contributed by atoms with van der Waals surface area (Å²) in [4.78, 5) is 33.0. The van der Waals surface area contributed by atoms with Crippen molar-refractivity contribution in [2.24, 2.45) is 0 Å². The fraction of sp³-hybridized carbons (Fsp3) is 0.286. The molecule has 4 rings (SSSR count). The molecule has 0 saturated carbocycles. The Morgan fingerprint density at radius 2 is 1.88 bits per heavy atom. The highest BCUT2D eigenvalue weighted by atomic mass is 32.2. The topological polar surface area (TPSA) is 105 Å². The van der Waals surface area contributed by atoms with Crippen LogP contribution in [-0.4, -0.2) is 57.6 Å². The number of amides is 2. The highest BCUT2D eigenvalue weighted by Gasteiger charge is 2.24. The number of benzene rings is 2. The number of nitrogens with zero attached hydrogens (tertiary/aromatic N) is 5. The molecule has 0 spiro atoms. The average molecular weight is 471 g/mol. The van der Waals surface area contributed by atoms with Crippen molar-refractivity contribution in [2.45, 2.75) is 11.3 Å². The minimum Gasteiger partial charge on any atom is -0.343 e. The first-order valence-corrected chi connectivity index (χ1v) is 12.0. The molecule has 2 heterocycles. The van der Waals surface area contributed by atoms with Gasteiger partial charge in [-0.2, -0.15) is 4.37 Å². The number of piperazine rings is 1. The van der Waals surface area contributed by atoms with Crippen LogP contribution in [0.4, 0.5) is 21.3 Å². The molecule has 0 atom stereocenters. The van der Waals surface area contributed by atoms with Gasteiger partial charge in [-0.3, -0.25) is 10.1 Å². The van der Waals surface area contributed by atoms with Crippen molar-refractivity contribution in [1.29, 1.82) is 0 Å². The van der Waals surface area contributed by atoms with Crippen LogP contribution in [0.2, 0.25) is 0 Å². The summed E-state index contributed by atoms with van der Waals surface area (Å²) < 4.78 is 4.39. The first-order valence-electron chi connectivity index (χ1n) is 10.0. The molecule has 1 aliphatic heterocycles. The van der Waals surface area contributed by atoms with E-state index in [4.69, 9.17) is 0 Å². The van der Waals surface area contributed by atoms with Crippen LogP contribution in [0, 0.1) is 10.1 Å². The second kappa shape index (κ2) is 9.96. The second-order valence-electron chi connectivity index (χ2n) is 7.16. The lowest BCUT2D eigenvalue weighted by molar-refractivity contribution is -0.385. The molecule has 1 saturated heterocycles. The van der Waals surface area contributed by atoms with Crippen molar-refractivity contribution in [2.75, 3.05) is 42.7 Å². The zero-order chi connectivity index (χ0) is 22.5. The van der Waals surface area contributed by atoms with Crippen LogP contribution in [0.15, 0.2) is 53.4 Å². The molecule has 9 nitrogen and oxygen atoms in total. The number of thioether (sulfide) groups is 1.